The number of hydrogen-bond acceptors (Lipinski definition) is 4. The number of thiazole rings is 1. The number of unbranched alkanes of at least 4 members (excludes halogenated alkanes) is 2. The molecular weight excluding hydrogens is 290 g/mol. The Kier molecular flexibility index (Phi) is 6.87. The van der Waals surface area contributed by atoms with Gasteiger partial charge in [0.25, 0.3) is 0 Å². The van der Waals surface area contributed by atoms with E-state index in [0.717, 1.165) is 11.6 Å². The van der Waals surface area contributed by atoms with Gasteiger partial charge >= 0.3 is 0 Å². The lowest BCUT2D eigenvalue weighted by Crippen LogP contribution is -2.24. The zero-order valence-corrected chi connectivity index (χ0v) is 14.5. The molecule has 3 rings (SSSR count). The molecule has 0 fully saturated rings. The minimum Gasteiger partial charge on any atom is -0.374 e. The SMILES string of the molecule is CCCCCN.CN1CCCc2cc(-c3nccs3)ccc21. The molecule has 0 aliphatic carbocycles. The number of aromatic nitrogens is 1. The van der Waals surface area contributed by atoms with Crippen molar-refractivity contribution in [2.24, 2.45) is 5.73 Å². The van der Waals surface area contributed by atoms with Crippen LogP contribution in [-0.2, 0) is 6.42 Å². The average Bonchev–Trinajstić information content (AvgIpc) is 3.08. The highest BCUT2D eigenvalue weighted by Crippen LogP contribution is 2.31. The molecule has 120 valence electrons. The van der Waals surface area contributed by atoms with Crippen molar-refractivity contribution in [3.05, 3.63) is 35.3 Å². The third-order valence-corrected chi connectivity index (χ3v) is 4.74. The molecule has 4 heteroatoms. The second kappa shape index (κ2) is 8.91. The number of benzene rings is 1. The van der Waals surface area contributed by atoms with E-state index in [0.29, 0.717) is 0 Å². The predicted octanol–water partition coefficient (Wildman–Crippen LogP) is 4.33. The molecule has 0 amide bonds. The summed E-state index contributed by atoms with van der Waals surface area (Å²) >= 11 is 1.70. The van der Waals surface area contributed by atoms with E-state index in [1.165, 1.54) is 55.5 Å². The van der Waals surface area contributed by atoms with E-state index in [-0.39, 0.29) is 0 Å². The molecule has 0 saturated carbocycles. The molecule has 3 nitrogen and oxygen atoms in total. The number of nitrogens with zero attached hydrogens (tertiary/aromatic N) is 2. The largest absolute Gasteiger partial charge is 0.374 e. The van der Waals surface area contributed by atoms with Crippen LogP contribution in [0.25, 0.3) is 10.6 Å². The van der Waals surface area contributed by atoms with Gasteiger partial charge in [-0.05, 0) is 49.6 Å². The number of fused-ring (bicyclic) bond motifs is 1. The van der Waals surface area contributed by atoms with Crippen LogP contribution >= 0.6 is 11.3 Å². The molecule has 2 aromatic rings. The molecule has 0 bridgehead atoms. The molecule has 0 saturated heterocycles. The van der Waals surface area contributed by atoms with Gasteiger partial charge in [0.15, 0.2) is 0 Å². The minimum atomic E-state index is 0.855. The zero-order chi connectivity index (χ0) is 15.8. The van der Waals surface area contributed by atoms with Crippen molar-refractivity contribution in [3.63, 3.8) is 0 Å². The molecular formula is C18H27N3S. The average molecular weight is 318 g/mol. The van der Waals surface area contributed by atoms with E-state index >= 15 is 0 Å². The second-order valence-corrected chi connectivity index (χ2v) is 6.60. The fourth-order valence-electron chi connectivity index (χ4n) is 2.68. The van der Waals surface area contributed by atoms with Crippen LogP contribution in [0.5, 0.6) is 0 Å². The van der Waals surface area contributed by atoms with Gasteiger partial charge in [-0.2, -0.15) is 0 Å². The highest BCUT2D eigenvalue weighted by Gasteiger charge is 2.14. The lowest BCUT2D eigenvalue weighted by molar-refractivity contribution is 0.727. The molecule has 2 N–H and O–H groups in total. The van der Waals surface area contributed by atoms with Crippen LogP contribution < -0.4 is 10.6 Å². The molecule has 0 spiro atoms. The third kappa shape index (κ3) is 4.55. The van der Waals surface area contributed by atoms with E-state index in [9.17, 15) is 0 Å². The van der Waals surface area contributed by atoms with Crippen molar-refractivity contribution in [2.75, 3.05) is 25.0 Å². The van der Waals surface area contributed by atoms with Crippen LogP contribution in [0.4, 0.5) is 5.69 Å². The minimum absolute atomic E-state index is 0.855. The summed E-state index contributed by atoms with van der Waals surface area (Å²) in [4.78, 5) is 6.70. The van der Waals surface area contributed by atoms with E-state index < -0.39 is 0 Å². The Labute approximate surface area is 138 Å². The number of nitrogens with two attached hydrogens (primary N) is 1. The molecule has 1 aromatic heterocycles. The quantitative estimate of drug-likeness (QED) is 0.854. The lowest BCUT2D eigenvalue weighted by atomic mass is 10.00. The van der Waals surface area contributed by atoms with Gasteiger partial charge < -0.3 is 10.6 Å². The number of rotatable bonds is 4. The van der Waals surface area contributed by atoms with Gasteiger partial charge in [-0.1, -0.05) is 19.8 Å². The summed E-state index contributed by atoms with van der Waals surface area (Å²) in [6.07, 6.45) is 8.07. The normalized spacial score (nSPS) is 13.3. The summed E-state index contributed by atoms with van der Waals surface area (Å²) < 4.78 is 0. The summed E-state index contributed by atoms with van der Waals surface area (Å²) in [5.74, 6) is 0. The molecule has 0 radical (unpaired) electrons. The Hall–Kier alpha value is -1.39. The summed E-state index contributed by atoms with van der Waals surface area (Å²) in [6.45, 7) is 4.20. The van der Waals surface area contributed by atoms with Gasteiger partial charge in [0.2, 0.25) is 0 Å². The summed E-state index contributed by atoms with van der Waals surface area (Å²) in [5, 5.41) is 3.15. The van der Waals surface area contributed by atoms with Crippen molar-refractivity contribution in [3.8, 4) is 10.6 Å². The number of aryl methyl sites for hydroxylation is 1. The standard InChI is InChI=1S/C13H14N2S.C5H13N/c1-15-7-2-3-10-9-11(4-5-12(10)15)13-14-6-8-16-13;1-2-3-4-5-6/h4-6,8-9H,2-3,7H2,1H3;2-6H2,1H3. The first-order valence-electron chi connectivity index (χ1n) is 8.20. The van der Waals surface area contributed by atoms with E-state index in [2.05, 4.69) is 42.1 Å². The first kappa shape index (κ1) is 17.0. The van der Waals surface area contributed by atoms with Crippen LogP contribution in [0.3, 0.4) is 0 Å². The van der Waals surface area contributed by atoms with Gasteiger partial charge in [0.1, 0.15) is 5.01 Å². The fourth-order valence-corrected chi connectivity index (χ4v) is 3.31. The monoisotopic (exact) mass is 317 g/mol. The van der Waals surface area contributed by atoms with Gasteiger partial charge in [-0.3, -0.25) is 0 Å². The number of anilines is 1. The molecule has 2 heterocycles. The number of hydrogen-bond donors (Lipinski definition) is 1. The van der Waals surface area contributed by atoms with Gasteiger partial charge in [-0.25, -0.2) is 4.98 Å². The first-order chi connectivity index (χ1) is 10.8. The molecule has 22 heavy (non-hydrogen) atoms. The van der Waals surface area contributed by atoms with Crippen molar-refractivity contribution in [1.82, 2.24) is 4.98 Å². The lowest BCUT2D eigenvalue weighted by Gasteiger charge is -2.27. The Balaban J connectivity index is 0.000000254. The maximum Gasteiger partial charge on any atom is 0.123 e. The molecule has 1 aliphatic heterocycles. The van der Waals surface area contributed by atoms with Crippen LogP contribution in [-0.4, -0.2) is 25.1 Å². The molecule has 0 atom stereocenters. The van der Waals surface area contributed by atoms with Crippen LogP contribution in [0.15, 0.2) is 29.8 Å². The molecule has 1 aromatic carbocycles. The van der Waals surface area contributed by atoms with Crippen molar-refractivity contribution < 1.29 is 0 Å². The summed E-state index contributed by atoms with van der Waals surface area (Å²) in [5.41, 5.74) is 9.31. The van der Waals surface area contributed by atoms with Crippen molar-refractivity contribution >= 4 is 17.0 Å². The van der Waals surface area contributed by atoms with Crippen LogP contribution in [0, 0.1) is 0 Å². The smallest absolute Gasteiger partial charge is 0.123 e. The Morgan fingerprint density at radius 1 is 1.32 bits per heavy atom. The predicted molar refractivity (Wildman–Crippen MR) is 97.7 cm³/mol. The van der Waals surface area contributed by atoms with E-state index in [4.69, 9.17) is 5.73 Å². The Morgan fingerprint density at radius 2 is 2.18 bits per heavy atom. The highest BCUT2D eigenvalue weighted by atomic mass is 32.1. The maximum atomic E-state index is 5.21. The van der Waals surface area contributed by atoms with Crippen LogP contribution in [0.1, 0.15) is 38.2 Å². The summed E-state index contributed by atoms with van der Waals surface area (Å²) in [7, 11) is 2.17. The van der Waals surface area contributed by atoms with Crippen molar-refractivity contribution in [2.45, 2.75) is 39.0 Å². The molecule has 0 unspecified atom stereocenters. The van der Waals surface area contributed by atoms with Gasteiger partial charge in [0, 0.05) is 36.4 Å². The summed E-state index contributed by atoms with van der Waals surface area (Å²) in [6, 6.07) is 6.70. The van der Waals surface area contributed by atoms with E-state index in [1.807, 2.05) is 11.6 Å². The topological polar surface area (TPSA) is 42.1 Å². The Bertz CT molecular complexity index is 547. The highest BCUT2D eigenvalue weighted by molar-refractivity contribution is 7.13. The molecule has 1 aliphatic rings. The van der Waals surface area contributed by atoms with Gasteiger partial charge in [-0.15, -0.1) is 11.3 Å². The fraction of sp³-hybridized carbons (Fsp3) is 0.500. The first-order valence-corrected chi connectivity index (χ1v) is 9.08. The van der Waals surface area contributed by atoms with Gasteiger partial charge in [0.05, 0.1) is 0 Å². The van der Waals surface area contributed by atoms with Crippen molar-refractivity contribution in [1.29, 1.82) is 0 Å². The third-order valence-electron chi connectivity index (χ3n) is 3.92. The Morgan fingerprint density at radius 3 is 2.82 bits per heavy atom. The maximum absolute atomic E-state index is 5.21. The van der Waals surface area contributed by atoms with Crippen LogP contribution in [0.2, 0.25) is 0 Å². The zero-order valence-electron chi connectivity index (χ0n) is 13.7. The second-order valence-electron chi connectivity index (χ2n) is 5.70. The van der Waals surface area contributed by atoms with E-state index in [1.54, 1.807) is 11.3 Å².